The van der Waals surface area contributed by atoms with Crippen LogP contribution in [0.1, 0.15) is 32.3 Å². The van der Waals surface area contributed by atoms with E-state index in [2.05, 4.69) is 25.8 Å². The van der Waals surface area contributed by atoms with Crippen molar-refractivity contribution in [2.45, 2.75) is 57.0 Å². The molecule has 0 spiro atoms. The predicted molar refractivity (Wildman–Crippen MR) is 150 cm³/mol. The number of tetrazole rings is 1. The second kappa shape index (κ2) is 13.0. The molecule has 16 heteroatoms. The molecular formula is C28H32N8O8. The summed E-state index contributed by atoms with van der Waals surface area (Å²) in [6.07, 6.45) is 0.652. The zero-order chi connectivity index (χ0) is 32.1. The van der Waals surface area contributed by atoms with E-state index in [1.165, 1.54) is 20.0 Å². The lowest BCUT2D eigenvalue weighted by Crippen LogP contribution is -2.85. The standard InChI is InChI=1S/C28H32N8O8/c1-17(2)28(31-22(38)12-11-18-8-4-3-5-9-18)26(43)44-16-27(29,25(41)42)36(28)20(14-23(39)40)21(37)15-35-24(32-33-34-35)19-10-6-7-13-30-19/h3-10,13,17,20H,11-12,14-16,29H2,1-2H3,(H,31,38)(H,39,40)(H,41,42)/t20?,27-,28-/m1/s1. The summed E-state index contributed by atoms with van der Waals surface area (Å²) in [6.45, 7) is 1.40. The number of carbonyl (C=O) groups excluding carboxylic acids is 3. The molecule has 1 aliphatic heterocycles. The summed E-state index contributed by atoms with van der Waals surface area (Å²) in [4.78, 5) is 70.8. The molecule has 0 saturated carbocycles. The van der Waals surface area contributed by atoms with Gasteiger partial charge in [0, 0.05) is 18.5 Å². The second-order valence-corrected chi connectivity index (χ2v) is 10.6. The molecule has 232 valence electrons. The number of nitrogens with one attached hydrogen (secondary N) is 1. The van der Waals surface area contributed by atoms with E-state index in [1.807, 2.05) is 18.2 Å². The van der Waals surface area contributed by atoms with Crippen LogP contribution in [0, 0.1) is 5.92 Å². The highest BCUT2D eigenvalue weighted by Gasteiger charge is 2.65. The highest BCUT2D eigenvalue weighted by atomic mass is 16.5. The van der Waals surface area contributed by atoms with Crippen molar-refractivity contribution in [2.24, 2.45) is 11.7 Å². The van der Waals surface area contributed by atoms with Gasteiger partial charge < -0.3 is 26.0 Å². The topological polar surface area (TPSA) is 233 Å². The van der Waals surface area contributed by atoms with Crippen molar-refractivity contribution in [3.8, 4) is 11.5 Å². The minimum absolute atomic E-state index is 0.0765. The van der Waals surface area contributed by atoms with Crippen LogP contribution in [-0.4, -0.2) is 93.9 Å². The van der Waals surface area contributed by atoms with Crippen LogP contribution in [0.4, 0.5) is 0 Å². The number of nitrogens with two attached hydrogens (primary N) is 1. The first-order valence-electron chi connectivity index (χ1n) is 13.7. The van der Waals surface area contributed by atoms with Gasteiger partial charge in [-0.1, -0.05) is 50.2 Å². The Kier molecular flexibility index (Phi) is 9.44. The van der Waals surface area contributed by atoms with E-state index < -0.39 is 72.5 Å². The third-order valence-corrected chi connectivity index (χ3v) is 7.35. The summed E-state index contributed by atoms with van der Waals surface area (Å²) in [6, 6.07) is 12.1. The van der Waals surface area contributed by atoms with Gasteiger partial charge in [-0.25, -0.2) is 19.2 Å². The van der Waals surface area contributed by atoms with Crippen LogP contribution in [-0.2, 0) is 41.7 Å². The lowest BCUT2D eigenvalue weighted by Gasteiger charge is -2.56. The number of carbonyl (C=O) groups is 5. The van der Waals surface area contributed by atoms with Crippen molar-refractivity contribution in [2.75, 3.05) is 6.61 Å². The smallest absolute Gasteiger partial charge is 0.347 e. The lowest BCUT2D eigenvalue weighted by atomic mass is 9.84. The minimum Gasteiger partial charge on any atom is -0.481 e. The Balaban J connectivity index is 1.77. The number of carboxylic acid groups (broad SMARTS) is 2. The number of esters is 1. The monoisotopic (exact) mass is 608 g/mol. The number of aryl methyl sites for hydroxylation is 1. The summed E-state index contributed by atoms with van der Waals surface area (Å²) in [5.74, 6) is -6.77. The molecule has 1 saturated heterocycles. The number of cyclic esters (lactones) is 1. The molecule has 0 radical (unpaired) electrons. The van der Waals surface area contributed by atoms with Crippen LogP contribution in [0.15, 0.2) is 54.7 Å². The van der Waals surface area contributed by atoms with E-state index in [0.29, 0.717) is 5.69 Å². The van der Waals surface area contributed by atoms with Crippen molar-refractivity contribution < 1.29 is 38.9 Å². The number of hydrogen-bond donors (Lipinski definition) is 4. The summed E-state index contributed by atoms with van der Waals surface area (Å²) < 4.78 is 6.30. The van der Waals surface area contributed by atoms with E-state index in [9.17, 15) is 34.2 Å². The molecule has 0 aliphatic carbocycles. The average molecular weight is 609 g/mol. The fraction of sp³-hybridized carbons (Fsp3) is 0.393. The number of aromatic nitrogens is 5. The lowest BCUT2D eigenvalue weighted by molar-refractivity contribution is -0.216. The van der Waals surface area contributed by atoms with Gasteiger partial charge in [-0.15, -0.1) is 5.10 Å². The molecule has 2 aromatic heterocycles. The number of ether oxygens (including phenoxy) is 1. The Labute approximate surface area is 251 Å². The quantitative estimate of drug-likeness (QED) is 0.185. The minimum atomic E-state index is -2.62. The summed E-state index contributed by atoms with van der Waals surface area (Å²) in [7, 11) is 0. The fourth-order valence-corrected chi connectivity index (χ4v) is 5.16. The molecule has 1 amide bonds. The molecular weight excluding hydrogens is 576 g/mol. The van der Waals surface area contributed by atoms with E-state index in [-0.39, 0.29) is 18.7 Å². The van der Waals surface area contributed by atoms with Gasteiger partial charge in [-0.3, -0.25) is 19.4 Å². The first-order chi connectivity index (χ1) is 20.9. The molecule has 5 N–H and O–H groups in total. The Hall–Kier alpha value is -5.09. The summed E-state index contributed by atoms with van der Waals surface area (Å²) in [5.41, 5.74) is 2.53. The fourth-order valence-electron chi connectivity index (χ4n) is 5.16. The number of Topliss-reactive ketones (excluding diaryl/α,β-unsaturated/α-hetero) is 1. The number of morpholine rings is 1. The van der Waals surface area contributed by atoms with Gasteiger partial charge in [0.15, 0.2) is 11.4 Å². The molecule has 1 aliphatic rings. The molecule has 16 nitrogen and oxygen atoms in total. The average Bonchev–Trinajstić information content (AvgIpc) is 3.46. The molecule has 0 bridgehead atoms. The van der Waals surface area contributed by atoms with Crippen LogP contribution in [0.2, 0.25) is 0 Å². The zero-order valence-corrected chi connectivity index (χ0v) is 24.0. The Morgan fingerprint density at radius 1 is 1.09 bits per heavy atom. The van der Waals surface area contributed by atoms with Crippen LogP contribution in [0.5, 0.6) is 0 Å². The normalized spacial score (nSPS) is 21.0. The highest BCUT2D eigenvalue weighted by molar-refractivity contribution is 5.95. The number of hydrogen-bond acceptors (Lipinski definition) is 12. The molecule has 3 aromatic rings. The van der Waals surface area contributed by atoms with Crippen molar-refractivity contribution in [3.63, 3.8) is 0 Å². The first kappa shape index (κ1) is 31.8. The van der Waals surface area contributed by atoms with Crippen molar-refractivity contribution in [1.82, 2.24) is 35.4 Å². The molecule has 1 aromatic carbocycles. The number of amides is 1. The van der Waals surface area contributed by atoms with Crippen molar-refractivity contribution >= 4 is 29.6 Å². The molecule has 3 heterocycles. The number of rotatable bonds is 13. The molecule has 1 fully saturated rings. The SMILES string of the molecule is CC(C)[C@]1(NC(=O)CCc2ccccc2)C(=O)OC[C@](N)(C(=O)O)N1C(CC(=O)O)C(=O)Cn1nnnc1-c1ccccn1. The Morgan fingerprint density at radius 3 is 2.41 bits per heavy atom. The summed E-state index contributed by atoms with van der Waals surface area (Å²) in [5, 5.41) is 34.0. The van der Waals surface area contributed by atoms with Gasteiger partial charge in [-0.05, 0) is 34.5 Å². The maximum atomic E-state index is 14.0. The largest absolute Gasteiger partial charge is 0.481 e. The predicted octanol–water partition coefficient (Wildman–Crippen LogP) is -0.153. The molecule has 44 heavy (non-hydrogen) atoms. The number of benzene rings is 1. The second-order valence-electron chi connectivity index (χ2n) is 10.6. The van der Waals surface area contributed by atoms with Gasteiger partial charge in [0.05, 0.1) is 12.5 Å². The van der Waals surface area contributed by atoms with E-state index in [1.54, 1.807) is 30.3 Å². The van der Waals surface area contributed by atoms with Crippen molar-refractivity contribution in [3.05, 3.63) is 60.3 Å². The number of aliphatic carboxylic acids is 2. The third-order valence-electron chi connectivity index (χ3n) is 7.35. The number of ketones is 1. The third kappa shape index (κ3) is 6.30. The highest BCUT2D eigenvalue weighted by Crippen LogP contribution is 2.37. The van der Waals surface area contributed by atoms with E-state index >= 15 is 0 Å². The zero-order valence-electron chi connectivity index (χ0n) is 24.0. The maximum Gasteiger partial charge on any atom is 0.347 e. The first-order valence-corrected chi connectivity index (χ1v) is 13.7. The van der Waals surface area contributed by atoms with E-state index in [0.717, 1.165) is 15.1 Å². The molecule has 4 rings (SSSR count). The number of carboxylic acids is 2. The molecule has 3 atom stereocenters. The van der Waals surface area contributed by atoms with Crippen LogP contribution in [0.25, 0.3) is 11.5 Å². The number of pyridine rings is 1. The maximum absolute atomic E-state index is 14.0. The van der Waals surface area contributed by atoms with Crippen LogP contribution < -0.4 is 11.1 Å². The van der Waals surface area contributed by atoms with Gasteiger partial charge in [0.2, 0.25) is 17.4 Å². The molecule has 1 unspecified atom stereocenters. The Bertz CT molecular complexity index is 1530. The van der Waals surface area contributed by atoms with Crippen LogP contribution >= 0.6 is 0 Å². The summed E-state index contributed by atoms with van der Waals surface area (Å²) >= 11 is 0. The van der Waals surface area contributed by atoms with Gasteiger partial charge in [0.25, 0.3) is 0 Å². The number of nitrogens with zero attached hydrogens (tertiary/aromatic N) is 6. The Morgan fingerprint density at radius 2 is 1.80 bits per heavy atom. The van der Waals surface area contributed by atoms with Crippen LogP contribution in [0.3, 0.4) is 0 Å². The van der Waals surface area contributed by atoms with Gasteiger partial charge >= 0.3 is 17.9 Å². The van der Waals surface area contributed by atoms with Crippen molar-refractivity contribution in [1.29, 1.82) is 0 Å². The van der Waals surface area contributed by atoms with Gasteiger partial charge in [0.1, 0.15) is 18.8 Å². The van der Waals surface area contributed by atoms with E-state index in [4.69, 9.17) is 10.5 Å². The van der Waals surface area contributed by atoms with Gasteiger partial charge in [-0.2, -0.15) is 0 Å².